The van der Waals surface area contributed by atoms with Crippen LogP contribution in [0, 0.1) is 0 Å². The lowest BCUT2D eigenvalue weighted by atomic mass is 9.95. The van der Waals surface area contributed by atoms with E-state index in [4.69, 9.17) is 5.73 Å². The molecule has 0 amide bonds. The largest absolute Gasteiger partial charge is 0.324 e. The standard InChI is InChI=1S/C16H22N2O2S.ClH/c1-3-16(17,4-2)12-18-21(19,20)15-10-9-13-7-5-6-8-14(13)11-15;/h5-11,18H,3-4,12,17H2,1-2H3;1H. The molecule has 0 aromatic heterocycles. The van der Waals surface area contributed by atoms with Crippen molar-refractivity contribution < 1.29 is 8.42 Å². The number of benzene rings is 2. The number of rotatable bonds is 6. The van der Waals surface area contributed by atoms with Crippen LogP contribution in [0.25, 0.3) is 10.8 Å². The molecule has 0 aliphatic heterocycles. The lowest BCUT2D eigenvalue weighted by Gasteiger charge is -2.26. The Morgan fingerprint density at radius 3 is 2.23 bits per heavy atom. The Hall–Kier alpha value is -1.14. The summed E-state index contributed by atoms with van der Waals surface area (Å²) in [4.78, 5) is 0.274. The molecule has 0 spiro atoms. The number of hydrogen-bond acceptors (Lipinski definition) is 3. The highest BCUT2D eigenvalue weighted by Gasteiger charge is 2.24. The lowest BCUT2D eigenvalue weighted by molar-refractivity contribution is 0.392. The number of halogens is 1. The van der Waals surface area contributed by atoms with Crippen LogP contribution in [0.15, 0.2) is 47.4 Å². The number of nitrogens with two attached hydrogens (primary N) is 1. The first-order valence-corrected chi connectivity index (χ1v) is 8.66. The second-order valence-electron chi connectivity index (χ2n) is 5.40. The monoisotopic (exact) mass is 342 g/mol. The molecule has 2 aromatic rings. The summed E-state index contributed by atoms with van der Waals surface area (Å²) in [6.07, 6.45) is 1.45. The second kappa shape index (κ2) is 7.42. The van der Waals surface area contributed by atoms with Gasteiger partial charge in [-0.3, -0.25) is 0 Å². The third-order valence-corrected chi connectivity index (χ3v) is 5.45. The van der Waals surface area contributed by atoms with Gasteiger partial charge in [0.25, 0.3) is 0 Å². The molecule has 0 saturated heterocycles. The Kier molecular flexibility index (Phi) is 6.38. The molecular formula is C16H23ClN2O2S. The fourth-order valence-corrected chi connectivity index (χ4v) is 3.33. The zero-order valence-corrected chi connectivity index (χ0v) is 14.5. The first kappa shape index (κ1) is 18.9. The van der Waals surface area contributed by atoms with E-state index in [1.54, 1.807) is 12.1 Å². The summed E-state index contributed by atoms with van der Waals surface area (Å²) in [5.74, 6) is 0. The number of sulfonamides is 1. The minimum Gasteiger partial charge on any atom is -0.324 e. The highest BCUT2D eigenvalue weighted by molar-refractivity contribution is 7.89. The molecule has 122 valence electrons. The summed E-state index contributed by atoms with van der Waals surface area (Å²) < 4.78 is 27.4. The summed E-state index contributed by atoms with van der Waals surface area (Å²) in [6, 6.07) is 12.8. The van der Waals surface area contributed by atoms with E-state index in [2.05, 4.69) is 4.72 Å². The number of hydrogen-bond donors (Lipinski definition) is 2. The molecule has 0 bridgehead atoms. The zero-order chi connectivity index (χ0) is 15.5. The van der Waals surface area contributed by atoms with Gasteiger partial charge in [-0.25, -0.2) is 13.1 Å². The average Bonchev–Trinajstić information content (AvgIpc) is 2.52. The Labute approximate surface area is 138 Å². The van der Waals surface area contributed by atoms with Crippen molar-refractivity contribution in [3.63, 3.8) is 0 Å². The molecule has 2 aromatic carbocycles. The smallest absolute Gasteiger partial charge is 0.240 e. The minimum absolute atomic E-state index is 0. The van der Waals surface area contributed by atoms with Crippen LogP contribution in [0.5, 0.6) is 0 Å². The molecule has 0 radical (unpaired) electrons. The van der Waals surface area contributed by atoms with Gasteiger partial charge in [0.05, 0.1) is 4.90 Å². The van der Waals surface area contributed by atoms with Crippen molar-refractivity contribution in [2.45, 2.75) is 37.1 Å². The van der Waals surface area contributed by atoms with E-state index >= 15 is 0 Å². The first-order chi connectivity index (χ1) is 9.90. The van der Waals surface area contributed by atoms with Gasteiger partial charge in [-0.05, 0) is 35.7 Å². The summed E-state index contributed by atoms with van der Waals surface area (Å²) in [5.41, 5.74) is 5.65. The molecule has 4 nitrogen and oxygen atoms in total. The first-order valence-electron chi connectivity index (χ1n) is 7.17. The maximum atomic E-state index is 12.4. The zero-order valence-electron chi connectivity index (χ0n) is 12.9. The second-order valence-corrected chi connectivity index (χ2v) is 7.17. The molecule has 0 fully saturated rings. The Bertz CT molecular complexity index is 728. The van der Waals surface area contributed by atoms with Gasteiger partial charge < -0.3 is 5.73 Å². The van der Waals surface area contributed by atoms with Crippen LogP contribution in [-0.2, 0) is 10.0 Å². The predicted octanol–water partition coefficient (Wildman–Crippen LogP) is 3.06. The van der Waals surface area contributed by atoms with E-state index in [0.29, 0.717) is 0 Å². The van der Waals surface area contributed by atoms with Gasteiger partial charge in [0.2, 0.25) is 10.0 Å². The Balaban J connectivity index is 0.00000242. The van der Waals surface area contributed by atoms with Gasteiger partial charge in [0.1, 0.15) is 0 Å². The number of fused-ring (bicyclic) bond motifs is 1. The Morgan fingerprint density at radius 1 is 1.05 bits per heavy atom. The van der Waals surface area contributed by atoms with Crippen molar-refractivity contribution in [2.24, 2.45) is 5.73 Å². The molecule has 0 saturated carbocycles. The van der Waals surface area contributed by atoms with Crippen LogP contribution in [0.2, 0.25) is 0 Å². The molecule has 0 aliphatic carbocycles. The molecule has 2 rings (SSSR count). The predicted molar refractivity (Wildman–Crippen MR) is 93.9 cm³/mol. The third-order valence-electron chi connectivity index (χ3n) is 4.05. The summed E-state index contributed by atoms with van der Waals surface area (Å²) in [5, 5.41) is 1.93. The van der Waals surface area contributed by atoms with Crippen LogP contribution in [0.3, 0.4) is 0 Å². The van der Waals surface area contributed by atoms with Crippen molar-refractivity contribution in [1.82, 2.24) is 4.72 Å². The molecule has 0 unspecified atom stereocenters. The van der Waals surface area contributed by atoms with Gasteiger partial charge in [0, 0.05) is 12.1 Å². The normalized spacial score (nSPS) is 12.1. The quantitative estimate of drug-likeness (QED) is 0.847. The molecule has 0 heterocycles. The molecule has 22 heavy (non-hydrogen) atoms. The van der Waals surface area contributed by atoms with Gasteiger partial charge in [-0.2, -0.15) is 0 Å². The van der Waals surface area contributed by atoms with E-state index in [0.717, 1.165) is 23.6 Å². The summed E-state index contributed by atoms with van der Waals surface area (Å²) in [6.45, 7) is 4.18. The van der Waals surface area contributed by atoms with Crippen LogP contribution in [-0.4, -0.2) is 20.5 Å². The fraction of sp³-hybridized carbons (Fsp3) is 0.375. The van der Waals surface area contributed by atoms with E-state index in [1.165, 1.54) is 0 Å². The van der Waals surface area contributed by atoms with E-state index in [1.807, 2.05) is 44.2 Å². The van der Waals surface area contributed by atoms with Crippen LogP contribution < -0.4 is 10.5 Å². The molecular weight excluding hydrogens is 320 g/mol. The highest BCUT2D eigenvalue weighted by atomic mass is 35.5. The van der Waals surface area contributed by atoms with Crippen molar-refractivity contribution in [3.8, 4) is 0 Å². The van der Waals surface area contributed by atoms with Crippen LogP contribution in [0.1, 0.15) is 26.7 Å². The fourth-order valence-electron chi connectivity index (χ4n) is 2.16. The molecule has 3 N–H and O–H groups in total. The highest BCUT2D eigenvalue weighted by Crippen LogP contribution is 2.19. The van der Waals surface area contributed by atoms with Crippen molar-refractivity contribution in [3.05, 3.63) is 42.5 Å². The average molecular weight is 343 g/mol. The van der Waals surface area contributed by atoms with Crippen LogP contribution >= 0.6 is 12.4 Å². The SMILES string of the molecule is CCC(N)(CC)CNS(=O)(=O)c1ccc2ccccc2c1.Cl. The molecule has 0 atom stereocenters. The summed E-state index contributed by atoms with van der Waals surface area (Å²) >= 11 is 0. The van der Waals surface area contributed by atoms with E-state index in [9.17, 15) is 8.42 Å². The van der Waals surface area contributed by atoms with E-state index < -0.39 is 15.6 Å². The maximum absolute atomic E-state index is 12.4. The van der Waals surface area contributed by atoms with Crippen LogP contribution in [0.4, 0.5) is 0 Å². The topological polar surface area (TPSA) is 72.2 Å². The lowest BCUT2D eigenvalue weighted by Crippen LogP contribution is -2.49. The van der Waals surface area contributed by atoms with Crippen molar-refractivity contribution >= 4 is 33.2 Å². The number of nitrogens with one attached hydrogen (secondary N) is 1. The molecule has 6 heteroatoms. The van der Waals surface area contributed by atoms with Crippen molar-refractivity contribution in [1.29, 1.82) is 0 Å². The Morgan fingerprint density at radius 2 is 1.64 bits per heavy atom. The summed E-state index contributed by atoms with van der Waals surface area (Å²) in [7, 11) is -3.54. The van der Waals surface area contributed by atoms with Gasteiger partial charge >= 0.3 is 0 Å². The molecule has 0 aliphatic rings. The van der Waals surface area contributed by atoms with Gasteiger partial charge in [0.15, 0.2) is 0 Å². The van der Waals surface area contributed by atoms with Crippen molar-refractivity contribution in [2.75, 3.05) is 6.54 Å². The van der Waals surface area contributed by atoms with Gasteiger partial charge in [-0.15, -0.1) is 12.4 Å². The van der Waals surface area contributed by atoms with E-state index in [-0.39, 0.29) is 23.8 Å². The van der Waals surface area contributed by atoms with Gasteiger partial charge in [-0.1, -0.05) is 44.2 Å². The maximum Gasteiger partial charge on any atom is 0.240 e. The third kappa shape index (κ3) is 4.20. The minimum atomic E-state index is -3.54.